The molecule has 1 N–H and O–H groups in total. The normalized spacial score (nSPS) is 17.9. The molecule has 3 aromatic carbocycles. The molecule has 1 aliphatic carbocycles. The topological polar surface area (TPSA) is 66.8 Å². The Kier molecular flexibility index (Phi) is 5.50. The van der Waals surface area contributed by atoms with Crippen molar-refractivity contribution in [1.29, 1.82) is 0 Å². The van der Waals surface area contributed by atoms with E-state index < -0.39 is 11.7 Å². The summed E-state index contributed by atoms with van der Waals surface area (Å²) in [6.45, 7) is 1.59. The Bertz CT molecular complexity index is 1700. The Morgan fingerprint density at radius 2 is 1.74 bits per heavy atom. The molecular weight excluding hydrogens is 503 g/mol. The number of hydrogen-bond acceptors (Lipinski definition) is 3. The predicted molar refractivity (Wildman–Crippen MR) is 143 cm³/mol. The molecule has 39 heavy (non-hydrogen) atoms. The van der Waals surface area contributed by atoms with Gasteiger partial charge in [0.25, 0.3) is 0 Å². The van der Waals surface area contributed by atoms with Gasteiger partial charge in [-0.25, -0.2) is 4.98 Å². The molecule has 198 valence electrons. The largest absolute Gasteiger partial charge is 0.418 e. The van der Waals surface area contributed by atoms with E-state index in [0.29, 0.717) is 31.0 Å². The second kappa shape index (κ2) is 8.97. The number of imidazole rings is 1. The molecule has 7 rings (SSSR count). The Morgan fingerprint density at radius 1 is 0.974 bits per heavy atom. The maximum Gasteiger partial charge on any atom is 0.418 e. The summed E-state index contributed by atoms with van der Waals surface area (Å²) in [6, 6.07) is 18.0. The molecule has 2 aliphatic rings. The van der Waals surface area contributed by atoms with Crippen LogP contribution >= 0.6 is 0 Å². The van der Waals surface area contributed by atoms with Gasteiger partial charge in [0.2, 0.25) is 5.91 Å². The molecule has 0 spiro atoms. The third-order valence-electron chi connectivity index (χ3n) is 7.96. The highest BCUT2D eigenvalue weighted by atomic mass is 19.4. The number of halogens is 3. The van der Waals surface area contributed by atoms with Crippen molar-refractivity contribution in [1.82, 2.24) is 24.6 Å². The lowest BCUT2D eigenvalue weighted by Gasteiger charge is -2.19. The highest BCUT2D eigenvalue weighted by molar-refractivity contribution is 5.86. The molecule has 0 unspecified atom stereocenters. The summed E-state index contributed by atoms with van der Waals surface area (Å²) in [5.41, 5.74) is 3.40. The zero-order chi connectivity index (χ0) is 26.7. The first kappa shape index (κ1) is 23.9. The first-order valence-corrected chi connectivity index (χ1v) is 13.2. The average molecular weight is 530 g/mol. The van der Waals surface area contributed by atoms with Gasteiger partial charge in [-0.15, -0.1) is 0 Å². The number of amides is 1. The number of likely N-dealkylation sites (tertiary alicyclic amines) is 1. The fourth-order valence-corrected chi connectivity index (χ4v) is 5.77. The van der Waals surface area contributed by atoms with E-state index in [0.717, 1.165) is 52.9 Å². The Morgan fingerprint density at radius 3 is 2.51 bits per heavy atom. The minimum absolute atomic E-state index is 0.0607. The van der Waals surface area contributed by atoms with Crippen LogP contribution in [0.4, 0.5) is 13.2 Å². The van der Waals surface area contributed by atoms with E-state index in [-0.39, 0.29) is 23.3 Å². The van der Waals surface area contributed by atoms with E-state index in [9.17, 15) is 18.0 Å². The third kappa shape index (κ3) is 4.35. The van der Waals surface area contributed by atoms with E-state index in [1.54, 1.807) is 16.8 Å². The van der Waals surface area contributed by atoms with Crippen LogP contribution in [-0.2, 0) is 17.5 Å². The van der Waals surface area contributed by atoms with Crippen LogP contribution < -0.4 is 0 Å². The fraction of sp³-hybridized carbons (Fsp3) is 0.300. The number of benzene rings is 3. The van der Waals surface area contributed by atoms with Crippen LogP contribution in [0.2, 0.25) is 0 Å². The SMILES string of the molecule is O=C(C1CC1)N1CC[C@@H](Cn2c(-c3ccc(-c4ccc5cn[nH]c5c4)cc3)nc3cccc(C(F)(F)F)c32)C1. The van der Waals surface area contributed by atoms with Crippen molar-refractivity contribution in [3.8, 4) is 22.5 Å². The fourth-order valence-electron chi connectivity index (χ4n) is 5.77. The van der Waals surface area contributed by atoms with E-state index in [1.807, 2.05) is 47.4 Å². The number of H-pyrrole nitrogens is 1. The van der Waals surface area contributed by atoms with Gasteiger partial charge in [0, 0.05) is 36.5 Å². The number of alkyl halides is 3. The molecular formula is C30H26F3N5O. The number of hydrogen-bond donors (Lipinski definition) is 1. The van der Waals surface area contributed by atoms with Gasteiger partial charge < -0.3 is 9.47 Å². The average Bonchev–Trinajstić information content (AvgIpc) is 3.32. The standard InChI is InChI=1S/C30H26F3N5O/c31-30(32,33)24-2-1-3-25-27(24)38(17-18-12-13-37(16-18)29(39)21-8-9-21)28(35-25)20-6-4-19(5-7-20)22-10-11-23-15-34-36-26(23)14-22/h1-7,10-11,14-15,18,21H,8-9,12-13,16-17H2,(H,34,36)/t18-/m1/s1. The molecule has 3 heterocycles. The van der Waals surface area contributed by atoms with Crippen molar-refractivity contribution in [2.75, 3.05) is 13.1 Å². The maximum atomic E-state index is 14.1. The van der Waals surface area contributed by atoms with Crippen LogP contribution in [0.15, 0.2) is 66.9 Å². The van der Waals surface area contributed by atoms with Crippen LogP contribution in [0, 0.1) is 11.8 Å². The number of nitrogens with zero attached hydrogens (tertiary/aromatic N) is 4. The zero-order valence-electron chi connectivity index (χ0n) is 21.1. The smallest absolute Gasteiger partial charge is 0.342 e. The first-order chi connectivity index (χ1) is 18.8. The van der Waals surface area contributed by atoms with Crippen LogP contribution in [0.3, 0.4) is 0 Å². The highest BCUT2D eigenvalue weighted by Gasteiger charge is 2.38. The number of fused-ring (bicyclic) bond motifs is 2. The second-order valence-corrected chi connectivity index (χ2v) is 10.7. The van der Waals surface area contributed by atoms with Crippen molar-refractivity contribution >= 4 is 27.8 Å². The minimum Gasteiger partial charge on any atom is -0.342 e. The molecule has 9 heteroatoms. The second-order valence-electron chi connectivity index (χ2n) is 10.7. The minimum atomic E-state index is -4.51. The maximum absolute atomic E-state index is 14.1. The van der Waals surface area contributed by atoms with Crippen LogP contribution in [0.1, 0.15) is 24.8 Å². The number of carbonyl (C=O) groups is 1. The number of rotatable bonds is 5. The molecule has 5 aromatic rings. The van der Waals surface area contributed by atoms with Gasteiger partial charge in [0.05, 0.1) is 28.3 Å². The van der Waals surface area contributed by atoms with Gasteiger partial charge in [-0.3, -0.25) is 9.89 Å². The van der Waals surface area contributed by atoms with E-state index in [4.69, 9.17) is 4.98 Å². The van der Waals surface area contributed by atoms with E-state index in [2.05, 4.69) is 10.2 Å². The van der Waals surface area contributed by atoms with Crippen molar-refractivity contribution in [2.45, 2.75) is 32.0 Å². The first-order valence-electron chi connectivity index (χ1n) is 13.2. The van der Waals surface area contributed by atoms with Crippen molar-refractivity contribution in [2.24, 2.45) is 11.8 Å². The van der Waals surface area contributed by atoms with E-state index in [1.165, 1.54) is 6.07 Å². The molecule has 1 saturated carbocycles. The summed E-state index contributed by atoms with van der Waals surface area (Å²) in [6.07, 6.45) is -0.0878. The van der Waals surface area contributed by atoms with Gasteiger partial charge in [-0.2, -0.15) is 18.3 Å². The number of nitrogens with one attached hydrogen (secondary N) is 1. The van der Waals surface area contributed by atoms with Gasteiger partial charge in [0.15, 0.2) is 0 Å². The molecule has 1 saturated heterocycles. The van der Waals surface area contributed by atoms with Crippen molar-refractivity contribution in [3.05, 3.63) is 72.4 Å². The van der Waals surface area contributed by atoms with Crippen molar-refractivity contribution in [3.63, 3.8) is 0 Å². The Balaban J connectivity index is 1.27. The summed E-state index contributed by atoms with van der Waals surface area (Å²) in [5.74, 6) is 0.889. The quantitative estimate of drug-likeness (QED) is 0.282. The summed E-state index contributed by atoms with van der Waals surface area (Å²) >= 11 is 0. The van der Waals surface area contributed by atoms with Gasteiger partial charge >= 0.3 is 6.18 Å². The number of aromatic nitrogens is 4. The highest BCUT2D eigenvalue weighted by Crippen LogP contribution is 2.39. The number of aromatic amines is 1. The summed E-state index contributed by atoms with van der Waals surface area (Å²) in [7, 11) is 0. The van der Waals surface area contributed by atoms with E-state index >= 15 is 0 Å². The van der Waals surface area contributed by atoms with Gasteiger partial charge in [-0.1, -0.05) is 42.5 Å². The van der Waals surface area contributed by atoms with Crippen LogP contribution in [-0.4, -0.2) is 43.6 Å². The molecule has 2 aromatic heterocycles. The molecule has 6 nitrogen and oxygen atoms in total. The molecule has 0 bridgehead atoms. The summed E-state index contributed by atoms with van der Waals surface area (Å²) < 4.78 is 44.1. The van der Waals surface area contributed by atoms with Gasteiger partial charge in [-0.05, 0) is 54.5 Å². The van der Waals surface area contributed by atoms with Crippen molar-refractivity contribution < 1.29 is 18.0 Å². The zero-order valence-corrected chi connectivity index (χ0v) is 21.1. The summed E-state index contributed by atoms with van der Waals surface area (Å²) in [4.78, 5) is 19.2. The lowest BCUT2D eigenvalue weighted by molar-refractivity contribution is -0.136. The Hall–Kier alpha value is -4.14. The number of para-hydroxylation sites is 1. The molecule has 1 amide bonds. The third-order valence-corrected chi connectivity index (χ3v) is 7.96. The predicted octanol–water partition coefficient (Wildman–Crippen LogP) is 6.52. The molecule has 0 radical (unpaired) electrons. The van der Waals surface area contributed by atoms with Crippen LogP contribution in [0.25, 0.3) is 44.5 Å². The summed E-state index contributed by atoms with van der Waals surface area (Å²) in [5, 5.41) is 8.08. The molecule has 2 fully saturated rings. The monoisotopic (exact) mass is 529 g/mol. The molecule has 1 aliphatic heterocycles. The molecule has 1 atom stereocenters. The Labute approximate surface area is 222 Å². The van der Waals surface area contributed by atoms with Crippen LogP contribution in [0.5, 0.6) is 0 Å². The lowest BCUT2D eigenvalue weighted by Crippen LogP contribution is -2.30. The lowest BCUT2D eigenvalue weighted by atomic mass is 10.0. The number of carbonyl (C=O) groups excluding carboxylic acids is 1. The van der Waals surface area contributed by atoms with Gasteiger partial charge in [0.1, 0.15) is 5.82 Å².